The van der Waals surface area contributed by atoms with Crippen molar-refractivity contribution >= 4 is 40.7 Å². The van der Waals surface area contributed by atoms with Gasteiger partial charge in [-0.15, -0.1) is 0 Å². The van der Waals surface area contributed by atoms with Gasteiger partial charge in [0.1, 0.15) is 0 Å². The van der Waals surface area contributed by atoms with Gasteiger partial charge in [-0.1, -0.05) is 24.3 Å². The van der Waals surface area contributed by atoms with Crippen LogP contribution in [-0.2, 0) is 9.53 Å². The second-order valence-corrected chi connectivity index (χ2v) is 8.19. The molecule has 0 aliphatic carbocycles. The van der Waals surface area contributed by atoms with Gasteiger partial charge in [0.05, 0.1) is 18.2 Å². The Kier molecular flexibility index (Phi) is 7.71. The monoisotopic (exact) mass is 466 g/mol. The molecule has 0 radical (unpaired) electrons. The van der Waals surface area contributed by atoms with Crippen LogP contribution in [0.2, 0.25) is 0 Å². The van der Waals surface area contributed by atoms with Crippen molar-refractivity contribution in [3.63, 3.8) is 0 Å². The smallest absolute Gasteiger partial charge is 0.338 e. The number of carbonyl (C=O) groups excluding carboxylic acids is 2. The van der Waals surface area contributed by atoms with Gasteiger partial charge in [0.2, 0.25) is 0 Å². The number of anilines is 2. The lowest BCUT2D eigenvalue weighted by molar-refractivity contribution is -0.139. The minimum atomic E-state index is -0.483. The summed E-state index contributed by atoms with van der Waals surface area (Å²) in [5.74, 6) is -0.389. The lowest BCUT2D eigenvalue weighted by atomic mass is 9.94. The minimum Gasteiger partial charge on any atom is -0.463 e. The molecule has 33 heavy (non-hydrogen) atoms. The zero-order valence-corrected chi connectivity index (χ0v) is 20.4. The molecule has 0 aromatic heterocycles. The van der Waals surface area contributed by atoms with Crippen LogP contribution in [0.3, 0.4) is 0 Å². The number of esters is 1. The van der Waals surface area contributed by atoms with E-state index in [0.717, 1.165) is 28.1 Å². The molecule has 1 unspecified atom stereocenters. The standard InChI is InChI=1S/C25H30N4O3S/c1-6-29-17(5)21(23(30)32-7-2)22(28-25(29)33)18-11-9-12-19(14-18)26-24(31)27-20-13-8-10-15(3)16(20)4/h8-14,22H,6-7H2,1-5H3,(H,28,33)(H2,26,27,31). The fraction of sp³-hybridized carbons (Fsp3) is 0.320. The average Bonchev–Trinajstić information content (AvgIpc) is 2.77. The van der Waals surface area contributed by atoms with Gasteiger partial charge in [-0.3, -0.25) is 0 Å². The number of hydrogen-bond acceptors (Lipinski definition) is 4. The Bertz CT molecular complexity index is 1110. The van der Waals surface area contributed by atoms with E-state index in [1.807, 2.05) is 69.0 Å². The second kappa shape index (κ2) is 10.5. The summed E-state index contributed by atoms with van der Waals surface area (Å²) in [6, 6.07) is 12.3. The predicted octanol–water partition coefficient (Wildman–Crippen LogP) is 5.04. The molecule has 0 spiro atoms. The van der Waals surface area contributed by atoms with Gasteiger partial charge < -0.3 is 25.6 Å². The first-order valence-electron chi connectivity index (χ1n) is 11.0. The summed E-state index contributed by atoms with van der Waals surface area (Å²) in [6.07, 6.45) is 0. The highest BCUT2D eigenvalue weighted by Gasteiger charge is 2.34. The van der Waals surface area contributed by atoms with Gasteiger partial charge in [-0.05, 0) is 81.7 Å². The summed E-state index contributed by atoms with van der Waals surface area (Å²) in [5, 5.41) is 9.57. The fourth-order valence-electron chi connectivity index (χ4n) is 3.85. The van der Waals surface area contributed by atoms with Gasteiger partial charge in [0.15, 0.2) is 5.11 Å². The molecule has 0 saturated carbocycles. The number of carbonyl (C=O) groups is 2. The maximum Gasteiger partial charge on any atom is 0.338 e. The van der Waals surface area contributed by atoms with Crippen LogP contribution < -0.4 is 16.0 Å². The molecule has 174 valence electrons. The van der Waals surface area contributed by atoms with E-state index in [-0.39, 0.29) is 18.6 Å². The summed E-state index contributed by atoms with van der Waals surface area (Å²) >= 11 is 5.53. The zero-order chi connectivity index (χ0) is 24.1. The molecular formula is C25H30N4O3S. The number of allylic oxidation sites excluding steroid dienone is 1. The third-order valence-corrected chi connectivity index (χ3v) is 6.08. The normalized spacial score (nSPS) is 15.7. The highest BCUT2D eigenvalue weighted by atomic mass is 32.1. The Morgan fingerprint density at radius 2 is 1.82 bits per heavy atom. The lowest BCUT2D eigenvalue weighted by Gasteiger charge is -2.37. The van der Waals surface area contributed by atoms with Gasteiger partial charge >= 0.3 is 12.0 Å². The maximum absolute atomic E-state index is 12.8. The number of nitrogens with one attached hydrogen (secondary N) is 3. The van der Waals surface area contributed by atoms with Crippen LogP contribution >= 0.6 is 12.2 Å². The molecule has 1 aliphatic heterocycles. The molecule has 1 atom stereocenters. The summed E-state index contributed by atoms with van der Waals surface area (Å²) in [6.45, 7) is 10.5. The van der Waals surface area contributed by atoms with Crippen molar-refractivity contribution in [2.75, 3.05) is 23.8 Å². The van der Waals surface area contributed by atoms with E-state index in [9.17, 15) is 9.59 Å². The number of amides is 2. The van der Waals surface area contributed by atoms with Crippen LogP contribution in [0, 0.1) is 13.8 Å². The summed E-state index contributed by atoms with van der Waals surface area (Å²) in [7, 11) is 0. The Hall–Kier alpha value is -3.39. The van der Waals surface area contributed by atoms with Crippen molar-refractivity contribution in [1.82, 2.24) is 10.2 Å². The highest BCUT2D eigenvalue weighted by molar-refractivity contribution is 7.80. The largest absolute Gasteiger partial charge is 0.463 e. The molecular weight excluding hydrogens is 436 g/mol. The van der Waals surface area contributed by atoms with Crippen molar-refractivity contribution in [2.24, 2.45) is 0 Å². The van der Waals surface area contributed by atoms with Gasteiger partial charge in [0, 0.05) is 23.6 Å². The highest BCUT2D eigenvalue weighted by Crippen LogP contribution is 2.32. The first-order valence-corrected chi connectivity index (χ1v) is 11.4. The Balaban J connectivity index is 1.87. The lowest BCUT2D eigenvalue weighted by Crippen LogP contribution is -2.47. The van der Waals surface area contributed by atoms with E-state index in [4.69, 9.17) is 17.0 Å². The number of hydrogen-bond donors (Lipinski definition) is 3. The van der Waals surface area contributed by atoms with E-state index >= 15 is 0 Å². The quantitative estimate of drug-likeness (QED) is 0.409. The molecule has 3 N–H and O–H groups in total. The van der Waals surface area contributed by atoms with Gasteiger partial charge in [-0.2, -0.15) is 0 Å². The molecule has 2 amide bonds. The Morgan fingerprint density at radius 3 is 2.52 bits per heavy atom. The van der Waals surface area contributed by atoms with E-state index in [1.165, 1.54) is 0 Å². The van der Waals surface area contributed by atoms with Crippen molar-refractivity contribution in [1.29, 1.82) is 0 Å². The van der Waals surface area contributed by atoms with E-state index in [2.05, 4.69) is 16.0 Å². The number of rotatable bonds is 6. The van der Waals surface area contributed by atoms with E-state index in [0.29, 0.717) is 22.9 Å². The molecule has 0 bridgehead atoms. The second-order valence-electron chi connectivity index (χ2n) is 7.80. The number of nitrogens with zero attached hydrogens (tertiary/aromatic N) is 1. The average molecular weight is 467 g/mol. The van der Waals surface area contributed by atoms with Crippen molar-refractivity contribution in [3.8, 4) is 0 Å². The van der Waals surface area contributed by atoms with Crippen molar-refractivity contribution in [3.05, 3.63) is 70.4 Å². The van der Waals surface area contributed by atoms with Gasteiger partial charge in [0.25, 0.3) is 0 Å². The number of ether oxygens (including phenoxy) is 1. The van der Waals surface area contributed by atoms with E-state index in [1.54, 1.807) is 13.0 Å². The van der Waals surface area contributed by atoms with Crippen molar-refractivity contribution < 1.29 is 14.3 Å². The van der Waals surface area contributed by atoms with Crippen LogP contribution in [0.5, 0.6) is 0 Å². The molecule has 8 heteroatoms. The Morgan fingerprint density at radius 1 is 1.09 bits per heavy atom. The zero-order valence-electron chi connectivity index (χ0n) is 19.6. The summed E-state index contributed by atoms with van der Waals surface area (Å²) in [5.41, 5.74) is 5.53. The number of aryl methyl sites for hydroxylation is 1. The topological polar surface area (TPSA) is 82.7 Å². The predicted molar refractivity (Wildman–Crippen MR) is 135 cm³/mol. The van der Waals surface area contributed by atoms with Crippen LogP contribution in [-0.4, -0.2) is 35.2 Å². The number of benzene rings is 2. The minimum absolute atomic E-state index is 0.277. The first-order chi connectivity index (χ1) is 15.8. The molecule has 0 saturated heterocycles. The van der Waals surface area contributed by atoms with Crippen LogP contribution in [0.4, 0.5) is 16.2 Å². The molecule has 1 heterocycles. The molecule has 1 aliphatic rings. The molecule has 0 fully saturated rings. The third-order valence-electron chi connectivity index (χ3n) is 5.74. The molecule has 2 aromatic rings. The van der Waals surface area contributed by atoms with Crippen LogP contribution in [0.1, 0.15) is 43.5 Å². The molecule has 7 nitrogen and oxygen atoms in total. The molecule has 3 rings (SSSR count). The summed E-state index contributed by atoms with van der Waals surface area (Å²) < 4.78 is 5.33. The summed E-state index contributed by atoms with van der Waals surface area (Å²) in [4.78, 5) is 27.3. The Labute approximate surface area is 200 Å². The van der Waals surface area contributed by atoms with Gasteiger partial charge in [-0.25, -0.2) is 9.59 Å². The van der Waals surface area contributed by atoms with Crippen LogP contribution in [0.15, 0.2) is 53.7 Å². The number of thiocarbonyl (C=S) groups is 1. The van der Waals surface area contributed by atoms with Crippen molar-refractivity contribution in [2.45, 2.75) is 40.7 Å². The maximum atomic E-state index is 12.8. The fourth-order valence-corrected chi connectivity index (χ4v) is 4.24. The van der Waals surface area contributed by atoms with Crippen LogP contribution in [0.25, 0.3) is 0 Å². The molecule has 2 aromatic carbocycles. The third kappa shape index (κ3) is 5.34. The first kappa shape index (κ1) is 24.3. The SMILES string of the molecule is CCOC(=O)C1=C(C)N(CC)C(=S)NC1c1cccc(NC(=O)Nc2cccc(C)c2C)c1. The number of urea groups is 1. The van der Waals surface area contributed by atoms with E-state index < -0.39 is 6.04 Å².